The van der Waals surface area contributed by atoms with Crippen molar-refractivity contribution in [1.82, 2.24) is 9.97 Å². The average Bonchev–Trinajstić information content (AvgIpc) is 2.62. The Morgan fingerprint density at radius 2 is 1.96 bits per heavy atom. The van der Waals surface area contributed by atoms with Gasteiger partial charge < -0.3 is 15.8 Å². The van der Waals surface area contributed by atoms with Crippen LogP contribution in [0.15, 0.2) is 24.3 Å². The largest absolute Gasteiger partial charge is 0.466 e. The zero-order valence-electron chi connectivity index (χ0n) is 16.5. The first-order valence-corrected chi connectivity index (χ1v) is 9.63. The van der Waals surface area contributed by atoms with Crippen molar-refractivity contribution in [3.05, 3.63) is 46.6 Å². The van der Waals surface area contributed by atoms with Gasteiger partial charge in [-0.05, 0) is 31.4 Å². The summed E-state index contributed by atoms with van der Waals surface area (Å²) in [5, 5.41) is 3.41. The van der Waals surface area contributed by atoms with Crippen LogP contribution in [0.25, 0.3) is 0 Å². The molecule has 0 aliphatic rings. The lowest BCUT2D eigenvalue weighted by atomic mass is 10.0. The number of ether oxygens (including phenoxy) is 1. The van der Waals surface area contributed by atoms with Crippen LogP contribution in [0.4, 0.5) is 11.8 Å². The number of unbranched alkanes of at least 4 members (excludes halogenated alkanes) is 2. The summed E-state index contributed by atoms with van der Waals surface area (Å²) in [6.07, 6.45) is 4.40. The first kappa shape index (κ1) is 20.7. The van der Waals surface area contributed by atoms with Crippen molar-refractivity contribution < 1.29 is 9.53 Å². The summed E-state index contributed by atoms with van der Waals surface area (Å²) in [6.45, 7) is 7.20. The molecule has 1 aromatic heterocycles. The standard InChI is InChI=1S/C21H30N4O2/c1-4-6-7-11-23-20-18(15(3)24-21(22)25-20)13-16-9-8-10-17(12-16)14-19(26)27-5-2/h8-10,12H,4-7,11,13-14H2,1-3H3,(H3,22,23,24,25). The fourth-order valence-corrected chi connectivity index (χ4v) is 2.99. The van der Waals surface area contributed by atoms with Crippen LogP contribution in [-0.4, -0.2) is 29.1 Å². The molecule has 0 radical (unpaired) electrons. The molecule has 1 heterocycles. The first-order chi connectivity index (χ1) is 13.0. The van der Waals surface area contributed by atoms with Crippen molar-refractivity contribution in [2.75, 3.05) is 24.2 Å². The molecule has 146 valence electrons. The highest BCUT2D eigenvalue weighted by Gasteiger charge is 2.12. The van der Waals surface area contributed by atoms with Crippen LogP contribution in [0.5, 0.6) is 0 Å². The molecule has 27 heavy (non-hydrogen) atoms. The summed E-state index contributed by atoms with van der Waals surface area (Å²) >= 11 is 0. The number of benzene rings is 1. The van der Waals surface area contributed by atoms with Gasteiger partial charge in [0.05, 0.1) is 13.0 Å². The molecule has 0 spiro atoms. The van der Waals surface area contributed by atoms with Crippen molar-refractivity contribution in [3.8, 4) is 0 Å². The second kappa shape index (κ2) is 10.5. The van der Waals surface area contributed by atoms with E-state index in [1.807, 2.05) is 38.1 Å². The number of carbonyl (C=O) groups excluding carboxylic acids is 1. The highest BCUT2D eigenvalue weighted by Crippen LogP contribution is 2.22. The minimum absolute atomic E-state index is 0.208. The van der Waals surface area contributed by atoms with Crippen LogP contribution < -0.4 is 11.1 Å². The number of hydrogen-bond donors (Lipinski definition) is 2. The second-order valence-corrected chi connectivity index (χ2v) is 6.61. The molecule has 2 rings (SSSR count). The number of rotatable bonds is 10. The maximum absolute atomic E-state index is 11.7. The van der Waals surface area contributed by atoms with E-state index in [0.717, 1.165) is 41.2 Å². The third-order valence-corrected chi connectivity index (χ3v) is 4.33. The summed E-state index contributed by atoms with van der Waals surface area (Å²) in [5.74, 6) is 0.872. The molecule has 0 unspecified atom stereocenters. The molecule has 0 atom stereocenters. The van der Waals surface area contributed by atoms with Crippen molar-refractivity contribution in [2.45, 2.75) is 52.9 Å². The first-order valence-electron chi connectivity index (χ1n) is 9.63. The number of hydrogen-bond acceptors (Lipinski definition) is 6. The molecule has 0 aliphatic carbocycles. The number of nitrogens with zero attached hydrogens (tertiary/aromatic N) is 2. The number of nitrogens with one attached hydrogen (secondary N) is 1. The Labute approximate surface area is 161 Å². The van der Waals surface area contributed by atoms with Crippen LogP contribution in [0.1, 0.15) is 55.5 Å². The van der Waals surface area contributed by atoms with Gasteiger partial charge in [0.25, 0.3) is 0 Å². The molecule has 0 aliphatic heterocycles. The Hall–Kier alpha value is -2.63. The second-order valence-electron chi connectivity index (χ2n) is 6.61. The number of anilines is 2. The minimum Gasteiger partial charge on any atom is -0.466 e. The van der Waals surface area contributed by atoms with E-state index in [4.69, 9.17) is 10.5 Å². The zero-order valence-corrected chi connectivity index (χ0v) is 16.5. The SMILES string of the molecule is CCCCCNc1nc(N)nc(C)c1Cc1cccc(CC(=O)OCC)c1. The topological polar surface area (TPSA) is 90.1 Å². The van der Waals surface area contributed by atoms with Gasteiger partial charge in [0, 0.05) is 24.2 Å². The molecule has 6 nitrogen and oxygen atoms in total. The highest BCUT2D eigenvalue weighted by molar-refractivity contribution is 5.72. The summed E-state index contributed by atoms with van der Waals surface area (Å²) in [6, 6.07) is 7.99. The fraction of sp³-hybridized carbons (Fsp3) is 0.476. The van der Waals surface area contributed by atoms with E-state index in [1.54, 1.807) is 0 Å². The number of aromatic nitrogens is 2. The Morgan fingerprint density at radius 3 is 2.70 bits per heavy atom. The molecule has 0 amide bonds. The summed E-state index contributed by atoms with van der Waals surface area (Å²) < 4.78 is 5.04. The summed E-state index contributed by atoms with van der Waals surface area (Å²) in [7, 11) is 0. The lowest BCUT2D eigenvalue weighted by molar-refractivity contribution is -0.142. The lowest BCUT2D eigenvalue weighted by Crippen LogP contribution is -2.12. The van der Waals surface area contributed by atoms with Crippen molar-refractivity contribution in [1.29, 1.82) is 0 Å². The monoisotopic (exact) mass is 370 g/mol. The Morgan fingerprint density at radius 1 is 1.19 bits per heavy atom. The molecular weight excluding hydrogens is 340 g/mol. The molecule has 6 heteroatoms. The quantitative estimate of drug-likeness (QED) is 0.490. The minimum atomic E-state index is -0.208. The van der Waals surface area contributed by atoms with Crippen molar-refractivity contribution in [2.24, 2.45) is 0 Å². The summed E-state index contributed by atoms with van der Waals surface area (Å²) in [5.41, 5.74) is 9.80. The maximum atomic E-state index is 11.7. The van der Waals surface area contributed by atoms with E-state index < -0.39 is 0 Å². The Bertz CT molecular complexity index is 762. The molecule has 2 aromatic rings. The van der Waals surface area contributed by atoms with Gasteiger partial charge in [0.2, 0.25) is 5.95 Å². The van der Waals surface area contributed by atoms with Crippen molar-refractivity contribution in [3.63, 3.8) is 0 Å². The Kier molecular flexibility index (Phi) is 8.04. The predicted octanol–water partition coefficient (Wildman–Crippen LogP) is 3.67. The molecule has 0 saturated heterocycles. The van der Waals surface area contributed by atoms with Crippen LogP contribution in [-0.2, 0) is 22.4 Å². The normalized spacial score (nSPS) is 10.6. The van der Waals surface area contributed by atoms with E-state index in [0.29, 0.717) is 13.0 Å². The van der Waals surface area contributed by atoms with Crippen LogP contribution in [0.3, 0.4) is 0 Å². The number of nitrogen functional groups attached to an aromatic ring is 1. The van der Waals surface area contributed by atoms with Gasteiger partial charge in [0.1, 0.15) is 5.82 Å². The van der Waals surface area contributed by atoms with E-state index in [-0.39, 0.29) is 18.3 Å². The van der Waals surface area contributed by atoms with Gasteiger partial charge in [-0.1, -0.05) is 44.0 Å². The molecule has 1 aromatic carbocycles. The highest BCUT2D eigenvalue weighted by atomic mass is 16.5. The van der Waals surface area contributed by atoms with Gasteiger partial charge in [-0.2, -0.15) is 4.98 Å². The maximum Gasteiger partial charge on any atom is 0.310 e. The number of aryl methyl sites for hydroxylation is 1. The summed E-state index contributed by atoms with van der Waals surface area (Å²) in [4.78, 5) is 20.5. The Balaban J connectivity index is 2.17. The zero-order chi connectivity index (χ0) is 19.6. The van der Waals surface area contributed by atoms with E-state index in [9.17, 15) is 4.79 Å². The lowest BCUT2D eigenvalue weighted by Gasteiger charge is -2.14. The van der Waals surface area contributed by atoms with Gasteiger partial charge in [0.15, 0.2) is 0 Å². The third kappa shape index (κ3) is 6.55. The van der Waals surface area contributed by atoms with Gasteiger partial charge >= 0.3 is 5.97 Å². The van der Waals surface area contributed by atoms with Crippen LogP contribution >= 0.6 is 0 Å². The van der Waals surface area contributed by atoms with E-state index in [2.05, 4.69) is 22.2 Å². The number of esters is 1. The molecule has 0 saturated carbocycles. The number of carbonyl (C=O) groups is 1. The van der Waals surface area contributed by atoms with Gasteiger partial charge in [-0.15, -0.1) is 0 Å². The van der Waals surface area contributed by atoms with Gasteiger partial charge in [-0.3, -0.25) is 4.79 Å². The van der Waals surface area contributed by atoms with E-state index in [1.165, 1.54) is 12.8 Å². The van der Waals surface area contributed by atoms with E-state index >= 15 is 0 Å². The van der Waals surface area contributed by atoms with Crippen LogP contribution in [0, 0.1) is 6.92 Å². The van der Waals surface area contributed by atoms with Crippen molar-refractivity contribution >= 4 is 17.7 Å². The fourth-order valence-electron chi connectivity index (χ4n) is 2.99. The van der Waals surface area contributed by atoms with Gasteiger partial charge in [-0.25, -0.2) is 4.98 Å². The molecule has 0 fully saturated rings. The molecular formula is C21H30N4O2. The molecule has 3 N–H and O–H groups in total. The smallest absolute Gasteiger partial charge is 0.310 e. The molecule has 0 bridgehead atoms. The average molecular weight is 370 g/mol. The third-order valence-electron chi connectivity index (χ3n) is 4.33. The predicted molar refractivity (Wildman–Crippen MR) is 109 cm³/mol. The number of nitrogens with two attached hydrogens (primary N) is 1. The van der Waals surface area contributed by atoms with Crippen LogP contribution in [0.2, 0.25) is 0 Å².